The minimum absolute atomic E-state index is 0.0412. The third-order valence-corrected chi connectivity index (χ3v) is 5.77. The van der Waals surface area contributed by atoms with Crippen LogP contribution in [-0.2, 0) is 16.6 Å². The first-order valence-corrected chi connectivity index (χ1v) is 8.79. The van der Waals surface area contributed by atoms with Crippen molar-refractivity contribution >= 4 is 54.4 Å². The Hall–Kier alpha value is -0.512. The molecule has 7 heteroatoms. The molecule has 0 atom stereocenters. The molecule has 0 unspecified atom stereocenters. The van der Waals surface area contributed by atoms with E-state index in [9.17, 15) is 8.42 Å². The minimum atomic E-state index is -3.69. The zero-order chi connectivity index (χ0) is 14.8. The average Bonchev–Trinajstić information content (AvgIpc) is 2.36. The van der Waals surface area contributed by atoms with Gasteiger partial charge in [0, 0.05) is 0 Å². The van der Waals surface area contributed by atoms with Crippen molar-refractivity contribution in [1.29, 1.82) is 0 Å². The van der Waals surface area contributed by atoms with Crippen LogP contribution in [-0.4, -0.2) is 25.3 Å². The predicted molar refractivity (Wildman–Crippen MR) is 82.3 cm³/mol. The molecule has 0 fully saturated rings. The fraction of sp³-hybridized carbons (Fsp3) is 0.0769. The number of sulfonamides is 1. The van der Waals surface area contributed by atoms with Gasteiger partial charge in [0.2, 0.25) is 0 Å². The summed E-state index contributed by atoms with van der Waals surface area (Å²) in [5, 5.41) is 0.501. The number of nitrogens with one attached hydrogen (secondary N) is 1. The summed E-state index contributed by atoms with van der Waals surface area (Å²) in [7, 11) is -3.69. The number of halogens is 2. The molecular formula is C13H10AsCl2NO2S. The van der Waals surface area contributed by atoms with E-state index in [0.29, 0.717) is 9.37 Å². The molecule has 0 aliphatic heterocycles. The predicted octanol–water partition coefficient (Wildman–Crippen LogP) is 2.27. The molecule has 2 aromatic rings. The van der Waals surface area contributed by atoms with E-state index in [0.717, 1.165) is 5.56 Å². The first-order valence-electron chi connectivity index (χ1n) is 5.62. The van der Waals surface area contributed by atoms with Gasteiger partial charge in [-0.15, -0.1) is 0 Å². The zero-order valence-electron chi connectivity index (χ0n) is 10.2. The quantitative estimate of drug-likeness (QED) is 0.815. The third kappa shape index (κ3) is 3.78. The van der Waals surface area contributed by atoms with Gasteiger partial charge in [0.05, 0.1) is 0 Å². The van der Waals surface area contributed by atoms with Gasteiger partial charge in [0.25, 0.3) is 0 Å². The Bertz CT molecular complexity index is 697. The van der Waals surface area contributed by atoms with Gasteiger partial charge in [-0.05, 0) is 0 Å². The monoisotopic (exact) mass is 389 g/mol. The van der Waals surface area contributed by atoms with Crippen molar-refractivity contribution in [3.05, 3.63) is 58.1 Å². The van der Waals surface area contributed by atoms with Crippen molar-refractivity contribution in [3.8, 4) is 0 Å². The van der Waals surface area contributed by atoms with Gasteiger partial charge < -0.3 is 0 Å². The Balaban J connectivity index is 2.28. The van der Waals surface area contributed by atoms with Crippen LogP contribution in [0.5, 0.6) is 0 Å². The molecule has 0 aliphatic rings. The maximum absolute atomic E-state index is 12.3. The molecule has 1 N–H and O–H groups in total. The topological polar surface area (TPSA) is 46.2 Å². The second kappa shape index (κ2) is 6.50. The molecule has 0 aliphatic carbocycles. The van der Waals surface area contributed by atoms with Crippen LogP contribution in [0, 0.1) is 0 Å². The van der Waals surface area contributed by atoms with E-state index in [-0.39, 0.29) is 16.5 Å². The van der Waals surface area contributed by atoms with Crippen molar-refractivity contribution < 1.29 is 8.42 Å². The molecule has 20 heavy (non-hydrogen) atoms. The van der Waals surface area contributed by atoms with Crippen molar-refractivity contribution in [1.82, 2.24) is 4.72 Å². The average molecular weight is 390 g/mol. The number of hydrogen-bond acceptors (Lipinski definition) is 2. The molecule has 0 saturated carbocycles. The van der Waals surface area contributed by atoms with Crippen molar-refractivity contribution in [2.45, 2.75) is 11.4 Å². The molecular weight excluding hydrogens is 380 g/mol. The summed E-state index contributed by atoms with van der Waals surface area (Å²) < 4.78 is 27.6. The second-order valence-corrected chi connectivity index (χ2v) is 7.60. The first kappa shape index (κ1) is 15.9. The van der Waals surface area contributed by atoms with Crippen LogP contribution < -0.4 is 9.07 Å². The maximum atomic E-state index is 12.3. The molecule has 0 bridgehead atoms. The third-order valence-electron chi connectivity index (χ3n) is 2.57. The molecule has 2 radical (unpaired) electrons. The summed E-state index contributed by atoms with van der Waals surface area (Å²) in [5.74, 6) is 0. The Morgan fingerprint density at radius 2 is 1.75 bits per heavy atom. The van der Waals surface area contributed by atoms with E-state index in [4.69, 9.17) is 23.2 Å². The molecule has 2 rings (SSSR count). The van der Waals surface area contributed by atoms with E-state index >= 15 is 0 Å². The van der Waals surface area contributed by atoms with E-state index < -0.39 is 10.0 Å². The summed E-state index contributed by atoms with van der Waals surface area (Å²) in [6, 6.07) is 12.2. The Labute approximate surface area is 136 Å². The Morgan fingerprint density at radius 3 is 2.35 bits per heavy atom. The SMILES string of the molecule is O=S(=O)(NCc1ccccc1)c1c(Cl)cc(Cl)cc1[As]. The van der Waals surface area contributed by atoms with E-state index in [1.807, 2.05) is 30.3 Å². The standard InChI is InChI=1S/C13H10AsCl2NO2S/c14-11-6-10(15)7-12(16)13(11)20(18,19)17-8-9-4-2-1-3-5-9/h1-7,17H,8H2. The zero-order valence-corrected chi connectivity index (χ0v) is 14.4. The van der Waals surface area contributed by atoms with Crippen LogP contribution in [0.4, 0.5) is 0 Å². The molecule has 0 heterocycles. The van der Waals surface area contributed by atoms with Gasteiger partial charge >= 0.3 is 137 Å². The number of hydrogen-bond donors (Lipinski definition) is 1. The molecule has 2 aromatic carbocycles. The summed E-state index contributed by atoms with van der Waals surface area (Å²) in [4.78, 5) is 0.0412. The van der Waals surface area contributed by atoms with Crippen molar-refractivity contribution in [2.24, 2.45) is 0 Å². The van der Waals surface area contributed by atoms with Crippen LogP contribution >= 0.6 is 23.2 Å². The number of benzene rings is 2. The van der Waals surface area contributed by atoms with Crippen LogP contribution in [0.15, 0.2) is 47.4 Å². The second-order valence-electron chi connectivity index (χ2n) is 4.05. The van der Waals surface area contributed by atoms with Crippen molar-refractivity contribution in [3.63, 3.8) is 0 Å². The number of rotatable bonds is 4. The molecule has 0 aromatic heterocycles. The van der Waals surface area contributed by atoms with Crippen LogP contribution in [0.3, 0.4) is 0 Å². The summed E-state index contributed by atoms with van der Waals surface area (Å²) in [6.07, 6.45) is 0. The molecule has 0 amide bonds. The van der Waals surface area contributed by atoms with Gasteiger partial charge in [-0.25, -0.2) is 0 Å². The van der Waals surface area contributed by atoms with Gasteiger partial charge in [0.15, 0.2) is 0 Å². The van der Waals surface area contributed by atoms with Crippen LogP contribution in [0.25, 0.3) is 0 Å². The van der Waals surface area contributed by atoms with Gasteiger partial charge in [0.1, 0.15) is 0 Å². The van der Waals surface area contributed by atoms with Gasteiger partial charge in [-0.1, -0.05) is 0 Å². The fourth-order valence-corrected chi connectivity index (χ4v) is 5.22. The molecule has 0 spiro atoms. The molecule has 0 saturated heterocycles. The van der Waals surface area contributed by atoms with E-state index in [1.54, 1.807) is 6.07 Å². The van der Waals surface area contributed by atoms with Crippen LogP contribution in [0.1, 0.15) is 5.56 Å². The van der Waals surface area contributed by atoms with Gasteiger partial charge in [-0.2, -0.15) is 0 Å². The summed E-state index contributed by atoms with van der Waals surface area (Å²) in [6.45, 7) is 0.203. The fourth-order valence-electron chi connectivity index (χ4n) is 1.66. The normalized spacial score (nSPS) is 11.6. The Kier molecular flexibility index (Phi) is 5.16. The summed E-state index contributed by atoms with van der Waals surface area (Å²) >= 11 is 14.0. The van der Waals surface area contributed by atoms with Gasteiger partial charge in [-0.3, -0.25) is 0 Å². The van der Waals surface area contributed by atoms with Crippen LogP contribution in [0.2, 0.25) is 10.0 Å². The Morgan fingerprint density at radius 1 is 1.10 bits per heavy atom. The van der Waals surface area contributed by atoms with E-state index in [2.05, 4.69) is 21.6 Å². The van der Waals surface area contributed by atoms with E-state index in [1.165, 1.54) is 6.07 Å². The summed E-state index contributed by atoms with van der Waals surface area (Å²) in [5.41, 5.74) is 0.869. The molecule has 3 nitrogen and oxygen atoms in total. The molecule has 104 valence electrons. The first-order chi connectivity index (χ1) is 9.40. The van der Waals surface area contributed by atoms with Crippen molar-refractivity contribution in [2.75, 3.05) is 0 Å².